The molecule has 4 heteroatoms. The number of nitrogens with one attached hydrogen (secondary N) is 1. The smallest absolute Gasteiger partial charge is 0.0843 e. The molecule has 0 radical (unpaired) electrons. The molecule has 3 nitrogen and oxygen atoms in total. The maximum Gasteiger partial charge on any atom is 0.0843 e. The van der Waals surface area contributed by atoms with Crippen molar-refractivity contribution in [2.45, 2.75) is 43.1 Å². The van der Waals surface area contributed by atoms with Crippen LogP contribution in [0.5, 0.6) is 0 Å². The Morgan fingerprint density at radius 2 is 2.32 bits per heavy atom. The Labute approximate surface area is 119 Å². The summed E-state index contributed by atoms with van der Waals surface area (Å²) >= 11 is 2.05. The van der Waals surface area contributed by atoms with Crippen LogP contribution in [0, 0.1) is 0 Å². The van der Waals surface area contributed by atoms with Gasteiger partial charge in [-0.15, -0.1) is 0 Å². The fourth-order valence-electron chi connectivity index (χ4n) is 3.15. The van der Waals surface area contributed by atoms with Gasteiger partial charge in [-0.1, -0.05) is 24.3 Å². The zero-order chi connectivity index (χ0) is 13.1. The van der Waals surface area contributed by atoms with Crippen molar-refractivity contribution in [3.05, 3.63) is 35.4 Å². The number of thioether (sulfide) groups is 1. The molecule has 2 aliphatic heterocycles. The first-order valence-corrected chi connectivity index (χ1v) is 8.20. The Morgan fingerprint density at radius 3 is 3.11 bits per heavy atom. The van der Waals surface area contributed by atoms with Crippen LogP contribution in [0.4, 0.5) is 0 Å². The number of fused-ring (bicyclic) bond motifs is 1. The van der Waals surface area contributed by atoms with Gasteiger partial charge in [0, 0.05) is 11.3 Å². The van der Waals surface area contributed by atoms with Crippen molar-refractivity contribution in [2.24, 2.45) is 5.84 Å². The molecule has 2 heterocycles. The van der Waals surface area contributed by atoms with E-state index in [2.05, 4.69) is 29.7 Å². The molecule has 3 unspecified atom stereocenters. The lowest BCUT2D eigenvalue weighted by Gasteiger charge is -2.31. The van der Waals surface area contributed by atoms with Gasteiger partial charge < -0.3 is 4.74 Å². The lowest BCUT2D eigenvalue weighted by Crippen LogP contribution is -2.43. The van der Waals surface area contributed by atoms with Crippen LogP contribution in [0.1, 0.15) is 36.5 Å². The normalized spacial score (nSPS) is 28.1. The molecule has 0 spiro atoms. The Morgan fingerprint density at radius 1 is 1.42 bits per heavy atom. The second-order valence-electron chi connectivity index (χ2n) is 5.37. The monoisotopic (exact) mass is 278 g/mol. The molecule has 0 amide bonds. The van der Waals surface area contributed by atoms with Crippen molar-refractivity contribution in [1.29, 1.82) is 0 Å². The van der Waals surface area contributed by atoms with Gasteiger partial charge in [-0.05, 0) is 42.6 Å². The minimum Gasteiger partial charge on any atom is -0.373 e. The summed E-state index contributed by atoms with van der Waals surface area (Å²) in [6.07, 6.45) is 4.80. The number of ether oxygens (including phenoxy) is 1. The van der Waals surface area contributed by atoms with Gasteiger partial charge in [0.2, 0.25) is 0 Å². The van der Waals surface area contributed by atoms with E-state index in [1.807, 2.05) is 11.8 Å². The van der Waals surface area contributed by atoms with E-state index >= 15 is 0 Å². The maximum atomic E-state index is 5.99. The van der Waals surface area contributed by atoms with Gasteiger partial charge in [0.1, 0.15) is 0 Å². The molecule has 0 saturated carbocycles. The van der Waals surface area contributed by atoms with E-state index in [0.29, 0.717) is 11.3 Å². The third kappa shape index (κ3) is 2.97. The van der Waals surface area contributed by atoms with Crippen molar-refractivity contribution in [1.82, 2.24) is 5.43 Å². The van der Waals surface area contributed by atoms with E-state index in [1.165, 1.54) is 29.7 Å². The van der Waals surface area contributed by atoms with Crippen molar-refractivity contribution >= 4 is 11.8 Å². The van der Waals surface area contributed by atoms with Crippen LogP contribution >= 0.6 is 11.8 Å². The standard InChI is InChI=1S/C15H22N2OS/c16-17-13(15-6-3-9-19-15)10-14-12-5-2-1-4-11(12)7-8-18-14/h1-2,4-5,13-15,17H,3,6-10,16H2. The van der Waals surface area contributed by atoms with E-state index in [4.69, 9.17) is 10.6 Å². The summed E-state index contributed by atoms with van der Waals surface area (Å²) < 4.78 is 5.99. The predicted molar refractivity (Wildman–Crippen MR) is 80.0 cm³/mol. The minimum atomic E-state index is 0.201. The van der Waals surface area contributed by atoms with Gasteiger partial charge in [-0.3, -0.25) is 11.3 Å². The van der Waals surface area contributed by atoms with Crippen LogP contribution in [0.25, 0.3) is 0 Å². The number of rotatable bonds is 4. The van der Waals surface area contributed by atoms with Crippen molar-refractivity contribution in [3.63, 3.8) is 0 Å². The maximum absolute atomic E-state index is 5.99. The van der Waals surface area contributed by atoms with Crippen LogP contribution in [-0.4, -0.2) is 23.7 Å². The molecule has 19 heavy (non-hydrogen) atoms. The molecule has 3 atom stereocenters. The number of hydrazine groups is 1. The molecular weight excluding hydrogens is 256 g/mol. The quantitative estimate of drug-likeness (QED) is 0.656. The molecule has 0 aliphatic carbocycles. The summed E-state index contributed by atoms with van der Waals surface area (Å²) in [5, 5.41) is 0.641. The summed E-state index contributed by atoms with van der Waals surface area (Å²) in [4.78, 5) is 0. The van der Waals surface area contributed by atoms with Crippen molar-refractivity contribution in [2.75, 3.05) is 12.4 Å². The van der Waals surface area contributed by atoms with Crippen LogP contribution < -0.4 is 11.3 Å². The van der Waals surface area contributed by atoms with E-state index in [1.54, 1.807) is 0 Å². The topological polar surface area (TPSA) is 47.3 Å². The Balaban J connectivity index is 1.72. The summed E-state index contributed by atoms with van der Waals surface area (Å²) in [5.41, 5.74) is 5.82. The molecule has 3 rings (SSSR count). The van der Waals surface area contributed by atoms with Crippen molar-refractivity contribution < 1.29 is 4.74 Å². The summed E-state index contributed by atoms with van der Waals surface area (Å²) in [5.74, 6) is 7.04. The van der Waals surface area contributed by atoms with Gasteiger partial charge in [-0.2, -0.15) is 11.8 Å². The first-order valence-electron chi connectivity index (χ1n) is 7.15. The minimum absolute atomic E-state index is 0.201. The van der Waals surface area contributed by atoms with Gasteiger partial charge >= 0.3 is 0 Å². The average Bonchev–Trinajstić information content (AvgIpc) is 2.99. The average molecular weight is 278 g/mol. The lowest BCUT2D eigenvalue weighted by molar-refractivity contribution is 0.0292. The molecule has 2 aliphatic rings. The third-order valence-corrected chi connectivity index (χ3v) is 5.70. The van der Waals surface area contributed by atoms with Gasteiger partial charge in [-0.25, -0.2) is 0 Å². The fraction of sp³-hybridized carbons (Fsp3) is 0.600. The van der Waals surface area contributed by atoms with Crippen molar-refractivity contribution in [3.8, 4) is 0 Å². The first kappa shape index (κ1) is 13.4. The van der Waals surface area contributed by atoms with Crippen LogP contribution in [0.15, 0.2) is 24.3 Å². The molecule has 104 valence electrons. The van der Waals surface area contributed by atoms with Gasteiger partial charge in [0.05, 0.1) is 12.7 Å². The van der Waals surface area contributed by atoms with E-state index in [9.17, 15) is 0 Å². The molecular formula is C15H22N2OS. The van der Waals surface area contributed by atoms with Gasteiger partial charge in [0.25, 0.3) is 0 Å². The summed E-state index contributed by atoms with van der Waals surface area (Å²) in [6, 6.07) is 9.00. The number of hydrogen-bond donors (Lipinski definition) is 2. The van der Waals surface area contributed by atoms with E-state index in [-0.39, 0.29) is 6.10 Å². The zero-order valence-corrected chi connectivity index (χ0v) is 12.0. The largest absolute Gasteiger partial charge is 0.373 e. The highest BCUT2D eigenvalue weighted by Crippen LogP contribution is 2.35. The first-order chi connectivity index (χ1) is 9.38. The Kier molecular flexibility index (Phi) is 4.43. The van der Waals surface area contributed by atoms with Crippen LogP contribution in [0.2, 0.25) is 0 Å². The van der Waals surface area contributed by atoms with Crippen LogP contribution in [0.3, 0.4) is 0 Å². The Hall–Kier alpha value is -0.550. The van der Waals surface area contributed by atoms with Gasteiger partial charge in [0.15, 0.2) is 0 Å². The number of benzene rings is 1. The molecule has 1 aromatic rings. The zero-order valence-electron chi connectivity index (χ0n) is 11.2. The molecule has 1 saturated heterocycles. The van der Waals surface area contributed by atoms with E-state index in [0.717, 1.165) is 19.4 Å². The number of nitrogens with two attached hydrogens (primary N) is 1. The number of hydrogen-bond acceptors (Lipinski definition) is 4. The SMILES string of the molecule is NNC(CC1OCCc2ccccc21)C1CCCS1. The summed E-state index contributed by atoms with van der Waals surface area (Å²) in [7, 11) is 0. The van der Waals surface area contributed by atoms with E-state index < -0.39 is 0 Å². The van der Waals surface area contributed by atoms with Crippen LogP contribution in [-0.2, 0) is 11.2 Å². The Bertz CT molecular complexity index is 420. The highest BCUT2D eigenvalue weighted by molar-refractivity contribution is 8.00. The lowest BCUT2D eigenvalue weighted by atomic mass is 9.92. The summed E-state index contributed by atoms with van der Waals surface area (Å²) in [6.45, 7) is 0.830. The molecule has 0 bridgehead atoms. The second kappa shape index (κ2) is 6.27. The molecule has 3 N–H and O–H groups in total. The second-order valence-corrected chi connectivity index (χ2v) is 6.72. The predicted octanol–water partition coefficient (Wildman–Crippen LogP) is 2.42. The highest BCUT2D eigenvalue weighted by Gasteiger charge is 2.30. The molecule has 1 fully saturated rings. The highest BCUT2D eigenvalue weighted by atomic mass is 32.2. The molecule has 0 aromatic heterocycles. The fourth-order valence-corrected chi connectivity index (χ4v) is 4.54. The molecule has 1 aromatic carbocycles. The third-order valence-electron chi connectivity index (χ3n) is 4.19.